The zero-order chi connectivity index (χ0) is 14.9. The van der Waals surface area contributed by atoms with Gasteiger partial charge in [-0.05, 0) is 24.5 Å². The summed E-state index contributed by atoms with van der Waals surface area (Å²) in [5.41, 5.74) is -0.366. The second-order valence-corrected chi connectivity index (χ2v) is 5.06. The van der Waals surface area contributed by atoms with Gasteiger partial charge in [-0.2, -0.15) is 0 Å². The van der Waals surface area contributed by atoms with Gasteiger partial charge in [-0.3, -0.25) is 0 Å². The second kappa shape index (κ2) is 5.36. The second-order valence-electron chi connectivity index (χ2n) is 5.06. The van der Waals surface area contributed by atoms with Gasteiger partial charge in [-0.15, -0.1) is 0 Å². The molecule has 1 N–H and O–H groups in total. The van der Waals surface area contributed by atoms with Crippen LogP contribution in [0.1, 0.15) is 29.8 Å². The molecule has 2 rings (SSSR count). The first-order chi connectivity index (χ1) is 9.41. The molecule has 0 saturated carbocycles. The van der Waals surface area contributed by atoms with E-state index in [4.69, 9.17) is 9.15 Å². The lowest BCUT2D eigenvalue weighted by Crippen LogP contribution is -2.19. The van der Waals surface area contributed by atoms with Crippen LogP contribution in [0.25, 0.3) is 11.0 Å². The van der Waals surface area contributed by atoms with Crippen molar-refractivity contribution in [3.8, 4) is 5.75 Å². The average molecular weight is 276 g/mol. The van der Waals surface area contributed by atoms with Crippen molar-refractivity contribution in [2.75, 3.05) is 6.61 Å². The Morgan fingerprint density at radius 3 is 2.75 bits per heavy atom. The molecule has 0 amide bonds. The van der Waals surface area contributed by atoms with Gasteiger partial charge in [0.15, 0.2) is 5.56 Å². The molecule has 0 atom stereocenters. The van der Waals surface area contributed by atoms with E-state index < -0.39 is 22.9 Å². The minimum Gasteiger partial charge on any atom is -0.506 e. The van der Waals surface area contributed by atoms with Gasteiger partial charge in [0.05, 0.1) is 12.0 Å². The number of aromatic hydroxyl groups is 1. The van der Waals surface area contributed by atoms with Crippen LogP contribution < -0.4 is 5.63 Å². The summed E-state index contributed by atoms with van der Waals surface area (Å²) in [4.78, 5) is 23.7. The van der Waals surface area contributed by atoms with E-state index >= 15 is 0 Å². The zero-order valence-corrected chi connectivity index (χ0v) is 11.6. The highest BCUT2D eigenvalue weighted by atomic mass is 16.5. The van der Waals surface area contributed by atoms with Crippen LogP contribution in [0.2, 0.25) is 0 Å². The zero-order valence-electron chi connectivity index (χ0n) is 11.6. The Labute approximate surface area is 115 Å². The molecule has 0 aliphatic rings. The third-order valence-electron chi connectivity index (χ3n) is 2.85. The normalized spacial score (nSPS) is 11.0. The van der Waals surface area contributed by atoms with Crippen LogP contribution in [-0.4, -0.2) is 17.7 Å². The van der Waals surface area contributed by atoms with E-state index in [1.165, 1.54) is 0 Å². The van der Waals surface area contributed by atoms with Crippen molar-refractivity contribution in [2.45, 2.75) is 20.8 Å². The average Bonchev–Trinajstić information content (AvgIpc) is 2.38. The van der Waals surface area contributed by atoms with Gasteiger partial charge >= 0.3 is 11.6 Å². The molecular formula is C15H16O5. The lowest BCUT2D eigenvalue weighted by Gasteiger charge is -2.09. The summed E-state index contributed by atoms with van der Waals surface area (Å²) in [6.45, 7) is 5.67. The summed E-state index contributed by atoms with van der Waals surface area (Å²) in [5, 5.41) is 10.5. The smallest absolute Gasteiger partial charge is 0.354 e. The Kier molecular flexibility index (Phi) is 3.79. The molecule has 5 heteroatoms. The molecule has 0 unspecified atom stereocenters. The highest BCUT2D eigenvalue weighted by Crippen LogP contribution is 2.28. The highest BCUT2D eigenvalue weighted by molar-refractivity contribution is 5.99. The van der Waals surface area contributed by atoms with Crippen molar-refractivity contribution in [1.29, 1.82) is 0 Å². The summed E-state index contributed by atoms with van der Waals surface area (Å²) >= 11 is 0. The molecule has 0 aliphatic heterocycles. The standard InChI is InChI=1S/C15H16O5/c1-8(2)7-19-14(17)11-12(16)10-6-4-5-9(3)13(10)20-15(11)18/h4-6,8,16H,7H2,1-3H3. The molecule has 0 bridgehead atoms. The molecule has 1 aromatic carbocycles. The van der Waals surface area contributed by atoms with Crippen LogP contribution in [0.5, 0.6) is 5.75 Å². The van der Waals surface area contributed by atoms with Crippen molar-refractivity contribution in [1.82, 2.24) is 0 Å². The summed E-state index contributed by atoms with van der Waals surface area (Å²) in [6, 6.07) is 5.04. The number of aryl methyl sites for hydroxylation is 1. The van der Waals surface area contributed by atoms with E-state index in [9.17, 15) is 14.7 Å². The van der Waals surface area contributed by atoms with E-state index in [0.717, 1.165) is 0 Å². The Balaban J connectivity index is 2.55. The quantitative estimate of drug-likeness (QED) is 0.688. The van der Waals surface area contributed by atoms with Crippen molar-refractivity contribution < 1.29 is 19.1 Å². The molecule has 106 valence electrons. The fraction of sp³-hybridized carbons (Fsp3) is 0.333. The molecule has 1 heterocycles. The Morgan fingerprint density at radius 2 is 2.10 bits per heavy atom. The summed E-state index contributed by atoms with van der Waals surface area (Å²) in [7, 11) is 0. The predicted octanol–water partition coefficient (Wildman–Crippen LogP) is 2.62. The fourth-order valence-corrected chi connectivity index (χ4v) is 1.84. The van der Waals surface area contributed by atoms with Gasteiger partial charge in [0.2, 0.25) is 0 Å². The van der Waals surface area contributed by atoms with Gasteiger partial charge in [0.25, 0.3) is 0 Å². The Bertz CT molecular complexity index is 712. The van der Waals surface area contributed by atoms with Crippen LogP contribution in [0, 0.1) is 12.8 Å². The monoisotopic (exact) mass is 276 g/mol. The van der Waals surface area contributed by atoms with Gasteiger partial charge in [0, 0.05) is 0 Å². The number of fused-ring (bicyclic) bond motifs is 1. The van der Waals surface area contributed by atoms with Crippen LogP contribution in [-0.2, 0) is 4.74 Å². The lowest BCUT2D eigenvalue weighted by atomic mass is 10.1. The maximum absolute atomic E-state index is 11.9. The maximum Gasteiger partial charge on any atom is 0.354 e. The van der Waals surface area contributed by atoms with Crippen molar-refractivity contribution in [3.63, 3.8) is 0 Å². The largest absolute Gasteiger partial charge is 0.506 e. The van der Waals surface area contributed by atoms with E-state index in [1.807, 2.05) is 13.8 Å². The summed E-state index contributed by atoms with van der Waals surface area (Å²) in [5.74, 6) is -1.13. The van der Waals surface area contributed by atoms with Crippen LogP contribution in [0.3, 0.4) is 0 Å². The number of ether oxygens (including phenoxy) is 1. The lowest BCUT2D eigenvalue weighted by molar-refractivity contribution is 0.0451. The first kappa shape index (κ1) is 14.1. The first-order valence-electron chi connectivity index (χ1n) is 6.34. The van der Waals surface area contributed by atoms with Crippen LogP contribution in [0.15, 0.2) is 27.4 Å². The Morgan fingerprint density at radius 1 is 1.40 bits per heavy atom. The highest BCUT2D eigenvalue weighted by Gasteiger charge is 2.23. The van der Waals surface area contributed by atoms with Crippen molar-refractivity contribution in [2.24, 2.45) is 5.92 Å². The first-order valence-corrected chi connectivity index (χ1v) is 6.34. The van der Waals surface area contributed by atoms with Gasteiger partial charge in [0.1, 0.15) is 11.3 Å². The number of rotatable bonds is 3. The van der Waals surface area contributed by atoms with Gasteiger partial charge in [-0.25, -0.2) is 9.59 Å². The maximum atomic E-state index is 11.9. The molecule has 0 saturated heterocycles. The number of hydrogen-bond donors (Lipinski definition) is 1. The number of benzene rings is 1. The molecule has 0 fully saturated rings. The van der Waals surface area contributed by atoms with E-state index in [-0.39, 0.29) is 18.1 Å². The van der Waals surface area contributed by atoms with Crippen LogP contribution >= 0.6 is 0 Å². The fourth-order valence-electron chi connectivity index (χ4n) is 1.84. The van der Waals surface area contributed by atoms with Crippen molar-refractivity contribution >= 4 is 16.9 Å². The van der Waals surface area contributed by atoms with E-state index in [2.05, 4.69) is 0 Å². The molecule has 0 spiro atoms. The third kappa shape index (κ3) is 2.52. The van der Waals surface area contributed by atoms with Crippen LogP contribution in [0.4, 0.5) is 0 Å². The number of carbonyl (C=O) groups excluding carboxylic acids is 1. The SMILES string of the molecule is Cc1cccc2c(O)c(C(=O)OCC(C)C)c(=O)oc12. The summed E-state index contributed by atoms with van der Waals surface area (Å²) < 4.78 is 10.1. The molecular weight excluding hydrogens is 260 g/mol. The van der Waals surface area contributed by atoms with E-state index in [1.54, 1.807) is 25.1 Å². The number of esters is 1. The predicted molar refractivity (Wildman–Crippen MR) is 74.0 cm³/mol. The number of para-hydroxylation sites is 1. The van der Waals surface area contributed by atoms with E-state index in [0.29, 0.717) is 10.9 Å². The Hall–Kier alpha value is -2.30. The number of carbonyl (C=O) groups is 1. The van der Waals surface area contributed by atoms with Gasteiger partial charge < -0.3 is 14.3 Å². The third-order valence-corrected chi connectivity index (χ3v) is 2.85. The summed E-state index contributed by atoms with van der Waals surface area (Å²) in [6.07, 6.45) is 0. The molecule has 1 aromatic heterocycles. The molecule has 5 nitrogen and oxygen atoms in total. The minimum atomic E-state index is -0.891. The molecule has 0 aliphatic carbocycles. The van der Waals surface area contributed by atoms with Gasteiger partial charge in [-0.1, -0.05) is 26.0 Å². The molecule has 2 aromatic rings. The molecule has 0 radical (unpaired) electrons. The minimum absolute atomic E-state index is 0.135. The van der Waals surface area contributed by atoms with Crippen molar-refractivity contribution in [3.05, 3.63) is 39.7 Å². The molecule has 20 heavy (non-hydrogen) atoms. The number of hydrogen-bond acceptors (Lipinski definition) is 5. The topological polar surface area (TPSA) is 76.7 Å².